The van der Waals surface area contributed by atoms with E-state index in [9.17, 15) is 0 Å². The molecule has 3 heterocycles. The minimum absolute atomic E-state index is 0.0105. The molecule has 1 aliphatic heterocycles. The molecular formula is C13H10ClN5. The highest BCUT2D eigenvalue weighted by molar-refractivity contribution is 6.29. The third-order valence-electron chi connectivity index (χ3n) is 3.25. The van der Waals surface area contributed by atoms with Gasteiger partial charge in [0.15, 0.2) is 0 Å². The normalized spacial score (nSPS) is 17.0. The summed E-state index contributed by atoms with van der Waals surface area (Å²) in [5, 5.41) is 7.22. The molecule has 5 nitrogen and oxygen atoms in total. The van der Waals surface area contributed by atoms with Gasteiger partial charge < -0.3 is 15.6 Å². The molecule has 0 amide bonds. The zero-order chi connectivity index (χ0) is 12.8. The first-order chi connectivity index (χ1) is 9.29. The Labute approximate surface area is 114 Å². The molecule has 3 N–H and O–H groups in total. The fourth-order valence-electron chi connectivity index (χ4n) is 2.31. The number of rotatable bonds is 1. The van der Waals surface area contributed by atoms with Crippen molar-refractivity contribution < 1.29 is 0 Å². The van der Waals surface area contributed by atoms with Crippen LogP contribution in [0.2, 0.25) is 5.15 Å². The second kappa shape index (κ2) is 3.86. The van der Waals surface area contributed by atoms with Crippen LogP contribution in [0.1, 0.15) is 11.7 Å². The minimum atomic E-state index is 0.0105. The van der Waals surface area contributed by atoms with Crippen LogP contribution >= 0.6 is 11.6 Å². The zero-order valence-corrected chi connectivity index (χ0v) is 10.6. The Balaban J connectivity index is 1.71. The molecule has 19 heavy (non-hydrogen) atoms. The summed E-state index contributed by atoms with van der Waals surface area (Å²) in [6, 6.07) is 7.95. The van der Waals surface area contributed by atoms with Crippen molar-refractivity contribution in [2.24, 2.45) is 0 Å². The Morgan fingerprint density at radius 3 is 2.89 bits per heavy atom. The van der Waals surface area contributed by atoms with Crippen molar-refractivity contribution in [1.82, 2.24) is 15.0 Å². The van der Waals surface area contributed by atoms with Gasteiger partial charge >= 0.3 is 0 Å². The molecule has 0 bridgehead atoms. The minimum Gasteiger partial charge on any atom is -0.360 e. The van der Waals surface area contributed by atoms with Gasteiger partial charge in [-0.2, -0.15) is 0 Å². The summed E-state index contributed by atoms with van der Waals surface area (Å²) in [6.07, 6.45) is 3.44. The third-order valence-corrected chi connectivity index (χ3v) is 3.46. The van der Waals surface area contributed by atoms with Crippen LogP contribution in [0.15, 0.2) is 36.8 Å². The maximum Gasteiger partial charge on any atom is 0.131 e. The molecule has 0 aliphatic carbocycles. The zero-order valence-electron chi connectivity index (χ0n) is 9.81. The summed E-state index contributed by atoms with van der Waals surface area (Å²) in [4.78, 5) is 11.4. The predicted octanol–water partition coefficient (Wildman–Crippen LogP) is 3.15. The van der Waals surface area contributed by atoms with Crippen LogP contribution in [0, 0.1) is 0 Å². The van der Waals surface area contributed by atoms with Gasteiger partial charge in [-0.05, 0) is 17.7 Å². The Kier molecular flexibility index (Phi) is 2.16. The van der Waals surface area contributed by atoms with Crippen molar-refractivity contribution in [2.45, 2.75) is 6.17 Å². The molecular weight excluding hydrogens is 262 g/mol. The average molecular weight is 272 g/mol. The van der Waals surface area contributed by atoms with Crippen LogP contribution in [0.3, 0.4) is 0 Å². The smallest absolute Gasteiger partial charge is 0.131 e. The van der Waals surface area contributed by atoms with Gasteiger partial charge in [0.25, 0.3) is 0 Å². The van der Waals surface area contributed by atoms with Crippen LogP contribution in [-0.2, 0) is 0 Å². The SMILES string of the molecule is Clc1cc2c(cn1)N[C@@H](c1ccc3[nH]cnc3c1)N2. The molecule has 0 unspecified atom stereocenters. The first-order valence-corrected chi connectivity index (χ1v) is 6.29. The number of nitrogens with one attached hydrogen (secondary N) is 3. The highest BCUT2D eigenvalue weighted by Gasteiger charge is 2.21. The number of aromatic nitrogens is 3. The number of benzene rings is 1. The van der Waals surface area contributed by atoms with Gasteiger partial charge in [-0.3, -0.25) is 0 Å². The molecule has 0 spiro atoms. The van der Waals surface area contributed by atoms with Crippen molar-refractivity contribution in [3.63, 3.8) is 0 Å². The number of fused-ring (bicyclic) bond motifs is 2. The topological polar surface area (TPSA) is 65.6 Å². The van der Waals surface area contributed by atoms with Gasteiger partial charge in [0, 0.05) is 6.07 Å². The van der Waals surface area contributed by atoms with E-state index in [2.05, 4.69) is 37.7 Å². The van der Waals surface area contributed by atoms with E-state index in [0.717, 1.165) is 28.0 Å². The summed E-state index contributed by atoms with van der Waals surface area (Å²) in [6.45, 7) is 0. The first-order valence-electron chi connectivity index (χ1n) is 5.91. The lowest BCUT2D eigenvalue weighted by atomic mass is 10.1. The lowest BCUT2D eigenvalue weighted by Gasteiger charge is -2.12. The third kappa shape index (κ3) is 1.70. The number of halogens is 1. The van der Waals surface area contributed by atoms with Crippen molar-refractivity contribution >= 4 is 34.0 Å². The maximum absolute atomic E-state index is 5.89. The van der Waals surface area contributed by atoms with Gasteiger partial charge in [-0.25, -0.2) is 9.97 Å². The van der Waals surface area contributed by atoms with Crippen molar-refractivity contribution in [3.8, 4) is 0 Å². The van der Waals surface area contributed by atoms with Gasteiger partial charge in [-0.15, -0.1) is 0 Å². The highest BCUT2D eigenvalue weighted by atomic mass is 35.5. The first kappa shape index (κ1) is 10.6. The van der Waals surface area contributed by atoms with E-state index in [1.54, 1.807) is 12.5 Å². The number of anilines is 2. The summed E-state index contributed by atoms with van der Waals surface area (Å²) >= 11 is 5.89. The monoisotopic (exact) mass is 271 g/mol. The van der Waals surface area contributed by atoms with Crippen LogP contribution in [0.5, 0.6) is 0 Å². The molecule has 1 aliphatic rings. The Morgan fingerprint density at radius 2 is 1.95 bits per heavy atom. The van der Waals surface area contributed by atoms with Gasteiger partial charge in [-0.1, -0.05) is 17.7 Å². The number of hydrogen-bond acceptors (Lipinski definition) is 4. The summed E-state index contributed by atoms with van der Waals surface area (Å²) in [5.74, 6) is 0. The van der Waals surface area contributed by atoms with Gasteiger partial charge in [0.1, 0.15) is 11.3 Å². The van der Waals surface area contributed by atoms with Crippen molar-refractivity contribution in [3.05, 3.63) is 47.5 Å². The molecule has 94 valence electrons. The fraction of sp³-hybridized carbons (Fsp3) is 0.0769. The molecule has 0 radical (unpaired) electrons. The lowest BCUT2D eigenvalue weighted by Crippen LogP contribution is -2.11. The molecule has 6 heteroatoms. The second-order valence-corrected chi connectivity index (χ2v) is 4.84. The van der Waals surface area contributed by atoms with E-state index in [4.69, 9.17) is 11.6 Å². The number of imidazole rings is 1. The number of H-pyrrole nitrogens is 1. The number of aromatic amines is 1. The number of pyridine rings is 1. The molecule has 3 aromatic rings. The number of hydrogen-bond donors (Lipinski definition) is 3. The highest BCUT2D eigenvalue weighted by Crippen LogP contribution is 2.36. The Hall–Kier alpha value is -2.27. The van der Waals surface area contributed by atoms with E-state index in [1.165, 1.54) is 0 Å². The number of nitrogens with zero attached hydrogens (tertiary/aromatic N) is 2. The molecule has 1 aromatic carbocycles. The molecule has 2 aromatic heterocycles. The van der Waals surface area contributed by atoms with E-state index in [-0.39, 0.29) is 6.17 Å². The largest absolute Gasteiger partial charge is 0.360 e. The van der Waals surface area contributed by atoms with E-state index in [0.29, 0.717) is 5.15 Å². The maximum atomic E-state index is 5.89. The molecule has 0 saturated carbocycles. The van der Waals surface area contributed by atoms with Crippen molar-refractivity contribution in [1.29, 1.82) is 0 Å². The standard InChI is InChI=1S/C13H10ClN5/c14-12-4-10-11(5-15-12)19-13(18-10)7-1-2-8-9(3-7)17-6-16-8/h1-6,13,18-19H,(H,16,17)/t13-/m0/s1. The van der Waals surface area contributed by atoms with Gasteiger partial charge in [0.2, 0.25) is 0 Å². The fourth-order valence-corrected chi connectivity index (χ4v) is 2.46. The molecule has 0 fully saturated rings. The van der Waals surface area contributed by atoms with E-state index in [1.807, 2.05) is 12.1 Å². The lowest BCUT2D eigenvalue weighted by molar-refractivity contribution is 0.943. The summed E-state index contributed by atoms with van der Waals surface area (Å²) in [7, 11) is 0. The quantitative estimate of drug-likeness (QED) is 0.595. The van der Waals surface area contributed by atoms with Crippen LogP contribution in [0.4, 0.5) is 11.4 Å². The Bertz CT molecular complexity index is 767. The van der Waals surface area contributed by atoms with Crippen molar-refractivity contribution in [2.75, 3.05) is 10.6 Å². The van der Waals surface area contributed by atoms with Crippen LogP contribution in [-0.4, -0.2) is 15.0 Å². The average Bonchev–Trinajstić information content (AvgIpc) is 3.02. The van der Waals surface area contributed by atoms with E-state index >= 15 is 0 Å². The van der Waals surface area contributed by atoms with Gasteiger partial charge in [0.05, 0.1) is 34.9 Å². The molecule has 1 atom stereocenters. The van der Waals surface area contributed by atoms with Crippen LogP contribution in [0.25, 0.3) is 11.0 Å². The van der Waals surface area contributed by atoms with E-state index < -0.39 is 0 Å². The molecule has 4 rings (SSSR count). The molecule has 0 saturated heterocycles. The summed E-state index contributed by atoms with van der Waals surface area (Å²) in [5.41, 5.74) is 5.02. The van der Waals surface area contributed by atoms with Crippen LogP contribution < -0.4 is 10.6 Å². The second-order valence-electron chi connectivity index (χ2n) is 4.45. The predicted molar refractivity (Wildman–Crippen MR) is 75.3 cm³/mol. The summed E-state index contributed by atoms with van der Waals surface area (Å²) < 4.78 is 0. The Morgan fingerprint density at radius 1 is 1.05 bits per heavy atom.